The third-order valence-electron chi connectivity index (χ3n) is 4.84. The van der Waals surface area contributed by atoms with Gasteiger partial charge in [-0.1, -0.05) is 6.07 Å². The number of hydrogen-bond acceptors (Lipinski definition) is 2. The summed E-state index contributed by atoms with van der Waals surface area (Å²) >= 11 is 9.60. The van der Waals surface area contributed by atoms with Gasteiger partial charge in [-0.15, -0.1) is 11.6 Å². The van der Waals surface area contributed by atoms with Gasteiger partial charge in [-0.2, -0.15) is 0 Å². The molecule has 1 aromatic carbocycles. The molecule has 0 unspecified atom stereocenters. The molecule has 0 aromatic heterocycles. The Hall–Kier alpha value is -0.250. The van der Waals surface area contributed by atoms with Crippen molar-refractivity contribution in [3.8, 4) is 0 Å². The normalized spacial score (nSPS) is 21.1. The lowest BCUT2D eigenvalue weighted by Crippen LogP contribution is -2.38. The minimum Gasteiger partial charge on any atom is -0.371 e. The first-order chi connectivity index (χ1) is 10.3. The van der Waals surface area contributed by atoms with E-state index in [9.17, 15) is 0 Å². The second kappa shape index (κ2) is 7.34. The zero-order chi connectivity index (χ0) is 14.7. The maximum absolute atomic E-state index is 5.90. The van der Waals surface area contributed by atoms with Crippen molar-refractivity contribution < 1.29 is 0 Å². The largest absolute Gasteiger partial charge is 0.371 e. The van der Waals surface area contributed by atoms with Gasteiger partial charge in [0.1, 0.15) is 0 Å². The molecule has 2 aliphatic heterocycles. The fourth-order valence-corrected chi connectivity index (χ4v) is 4.42. The van der Waals surface area contributed by atoms with Gasteiger partial charge in [0.05, 0.1) is 5.69 Å². The fourth-order valence-electron chi connectivity index (χ4n) is 3.58. The molecule has 0 bridgehead atoms. The summed E-state index contributed by atoms with van der Waals surface area (Å²) in [6, 6.07) is 6.50. The molecule has 4 heteroatoms. The lowest BCUT2D eigenvalue weighted by Gasteiger charge is -2.35. The molecule has 116 valence electrons. The molecular formula is C17H24BrClN2. The highest BCUT2D eigenvalue weighted by Gasteiger charge is 2.23. The molecule has 0 aliphatic carbocycles. The number of piperidine rings is 1. The van der Waals surface area contributed by atoms with Crippen LogP contribution in [0.4, 0.5) is 5.69 Å². The molecule has 0 radical (unpaired) electrons. The third-order valence-corrected chi connectivity index (χ3v) is 5.78. The predicted octanol–water partition coefficient (Wildman–Crippen LogP) is 4.50. The number of benzene rings is 1. The highest BCUT2D eigenvalue weighted by atomic mass is 79.9. The molecule has 2 saturated heterocycles. The minimum atomic E-state index is 0.580. The Balaban J connectivity index is 1.55. The van der Waals surface area contributed by atoms with Crippen molar-refractivity contribution in [2.75, 3.05) is 37.6 Å². The quantitative estimate of drug-likeness (QED) is 0.719. The van der Waals surface area contributed by atoms with E-state index in [1.165, 1.54) is 74.1 Å². The van der Waals surface area contributed by atoms with Gasteiger partial charge in [0.15, 0.2) is 0 Å². The van der Waals surface area contributed by atoms with Crippen molar-refractivity contribution in [1.82, 2.24) is 4.90 Å². The highest BCUT2D eigenvalue weighted by molar-refractivity contribution is 9.10. The number of hydrogen-bond donors (Lipinski definition) is 0. The van der Waals surface area contributed by atoms with E-state index in [0.717, 1.165) is 5.92 Å². The molecule has 2 aliphatic rings. The Bertz CT molecular complexity index is 466. The summed E-state index contributed by atoms with van der Waals surface area (Å²) in [6.45, 7) is 6.33. The minimum absolute atomic E-state index is 0.580. The van der Waals surface area contributed by atoms with Crippen molar-refractivity contribution in [3.05, 3.63) is 28.2 Å². The van der Waals surface area contributed by atoms with Crippen LogP contribution in [-0.2, 0) is 5.88 Å². The zero-order valence-electron chi connectivity index (χ0n) is 12.5. The fraction of sp³-hybridized carbons (Fsp3) is 0.647. The van der Waals surface area contributed by atoms with E-state index in [4.69, 9.17) is 11.6 Å². The Morgan fingerprint density at radius 3 is 2.43 bits per heavy atom. The van der Waals surface area contributed by atoms with Crippen LogP contribution in [0.5, 0.6) is 0 Å². The van der Waals surface area contributed by atoms with Crippen LogP contribution in [0.15, 0.2) is 22.7 Å². The molecule has 0 N–H and O–H groups in total. The Morgan fingerprint density at radius 2 is 1.81 bits per heavy atom. The molecule has 2 heterocycles. The van der Waals surface area contributed by atoms with Crippen LogP contribution in [0.25, 0.3) is 0 Å². The SMILES string of the molecule is ClCc1ccc(N2CCC(CN3CCCC3)CC2)c(Br)c1. The van der Waals surface area contributed by atoms with Crippen molar-refractivity contribution >= 4 is 33.2 Å². The van der Waals surface area contributed by atoms with Gasteiger partial charge in [-0.3, -0.25) is 0 Å². The first-order valence-electron chi connectivity index (χ1n) is 8.08. The molecule has 2 nitrogen and oxygen atoms in total. The number of likely N-dealkylation sites (tertiary alicyclic amines) is 1. The molecule has 1 aromatic rings. The zero-order valence-corrected chi connectivity index (χ0v) is 14.9. The van der Waals surface area contributed by atoms with Crippen molar-refractivity contribution in [2.45, 2.75) is 31.6 Å². The van der Waals surface area contributed by atoms with Crippen molar-refractivity contribution in [1.29, 1.82) is 0 Å². The van der Waals surface area contributed by atoms with E-state index in [-0.39, 0.29) is 0 Å². The van der Waals surface area contributed by atoms with Gasteiger partial charge < -0.3 is 9.80 Å². The molecular weight excluding hydrogens is 348 g/mol. The maximum Gasteiger partial charge on any atom is 0.0510 e. The van der Waals surface area contributed by atoms with Gasteiger partial charge in [0.2, 0.25) is 0 Å². The van der Waals surface area contributed by atoms with Gasteiger partial charge in [0.25, 0.3) is 0 Å². The van der Waals surface area contributed by atoms with Crippen LogP contribution < -0.4 is 4.90 Å². The summed E-state index contributed by atoms with van der Waals surface area (Å²) in [5.74, 6) is 1.47. The molecule has 0 atom stereocenters. The van der Waals surface area contributed by atoms with Crippen molar-refractivity contribution in [3.63, 3.8) is 0 Å². The van der Waals surface area contributed by atoms with Gasteiger partial charge in [-0.05, 0) is 78.3 Å². The Morgan fingerprint density at radius 1 is 1.10 bits per heavy atom. The molecule has 2 fully saturated rings. The summed E-state index contributed by atoms with van der Waals surface area (Å²) in [5, 5.41) is 0. The van der Waals surface area contributed by atoms with Crippen LogP contribution in [-0.4, -0.2) is 37.6 Å². The summed E-state index contributed by atoms with van der Waals surface area (Å²) in [6.07, 6.45) is 5.44. The summed E-state index contributed by atoms with van der Waals surface area (Å²) < 4.78 is 1.18. The smallest absolute Gasteiger partial charge is 0.0510 e. The number of nitrogens with zero attached hydrogens (tertiary/aromatic N) is 2. The average Bonchev–Trinajstić information content (AvgIpc) is 3.01. The first kappa shape index (κ1) is 15.6. The average molecular weight is 372 g/mol. The molecule has 3 rings (SSSR count). The monoisotopic (exact) mass is 370 g/mol. The van der Waals surface area contributed by atoms with E-state index in [1.54, 1.807) is 0 Å². The summed E-state index contributed by atoms with van der Waals surface area (Å²) in [7, 11) is 0. The molecule has 0 spiro atoms. The van der Waals surface area contributed by atoms with E-state index >= 15 is 0 Å². The van der Waals surface area contributed by atoms with Crippen molar-refractivity contribution in [2.24, 2.45) is 5.92 Å². The van der Waals surface area contributed by atoms with Gasteiger partial charge in [0, 0.05) is 30.0 Å². The van der Waals surface area contributed by atoms with E-state index < -0.39 is 0 Å². The number of anilines is 1. The van der Waals surface area contributed by atoms with Crippen LogP contribution in [0.3, 0.4) is 0 Å². The van der Waals surface area contributed by atoms with E-state index in [1.807, 2.05) is 0 Å². The maximum atomic E-state index is 5.90. The second-order valence-corrected chi connectivity index (χ2v) is 7.48. The third kappa shape index (κ3) is 3.94. The number of alkyl halides is 1. The van der Waals surface area contributed by atoms with Crippen LogP contribution in [0.1, 0.15) is 31.2 Å². The molecule has 21 heavy (non-hydrogen) atoms. The highest BCUT2D eigenvalue weighted by Crippen LogP contribution is 2.31. The molecule has 0 amide bonds. The second-order valence-electron chi connectivity index (χ2n) is 6.36. The Labute approximate surface area is 141 Å². The van der Waals surface area contributed by atoms with Crippen LogP contribution in [0.2, 0.25) is 0 Å². The number of rotatable bonds is 4. The van der Waals surface area contributed by atoms with E-state index in [2.05, 4.69) is 43.9 Å². The summed E-state index contributed by atoms with van der Waals surface area (Å²) in [4.78, 5) is 5.17. The topological polar surface area (TPSA) is 6.48 Å². The lowest BCUT2D eigenvalue weighted by molar-refractivity contribution is 0.249. The van der Waals surface area contributed by atoms with Crippen LogP contribution in [0, 0.1) is 5.92 Å². The predicted molar refractivity (Wildman–Crippen MR) is 94.3 cm³/mol. The number of halogens is 2. The van der Waals surface area contributed by atoms with E-state index in [0.29, 0.717) is 5.88 Å². The summed E-state index contributed by atoms with van der Waals surface area (Å²) in [5.41, 5.74) is 2.50. The molecule has 0 saturated carbocycles. The van der Waals surface area contributed by atoms with Gasteiger partial charge in [-0.25, -0.2) is 0 Å². The Kier molecular flexibility index (Phi) is 5.47. The van der Waals surface area contributed by atoms with Crippen LogP contribution >= 0.6 is 27.5 Å². The first-order valence-corrected chi connectivity index (χ1v) is 9.40. The lowest BCUT2D eigenvalue weighted by atomic mass is 9.96. The standard InChI is InChI=1S/C17H24BrClN2/c18-16-11-15(12-19)3-4-17(16)21-9-5-14(6-10-21)13-20-7-1-2-8-20/h3-4,11,14H,1-2,5-10,12-13H2. The van der Waals surface area contributed by atoms with Gasteiger partial charge >= 0.3 is 0 Å².